The molecule has 2 aromatic rings. The van der Waals surface area contributed by atoms with Crippen LogP contribution in [0.4, 0.5) is 4.79 Å². The molecule has 1 heterocycles. The van der Waals surface area contributed by atoms with Gasteiger partial charge in [0.1, 0.15) is 5.60 Å². The first kappa shape index (κ1) is 16.8. The van der Waals surface area contributed by atoms with E-state index in [4.69, 9.17) is 4.74 Å². The Morgan fingerprint density at radius 2 is 1.74 bits per heavy atom. The van der Waals surface area contributed by atoms with Crippen LogP contribution in [0.3, 0.4) is 0 Å². The van der Waals surface area contributed by atoms with Crippen LogP contribution in [0.1, 0.15) is 43.7 Å². The first-order valence-corrected chi connectivity index (χ1v) is 7.48. The van der Waals surface area contributed by atoms with Crippen LogP contribution in [0.15, 0.2) is 36.4 Å². The van der Waals surface area contributed by atoms with Crippen molar-refractivity contribution in [1.82, 2.24) is 4.68 Å². The maximum atomic E-state index is 12.1. The number of nitrogens with one attached hydrogen (secondary N) is 1. The van der Waals surface area contributed by atoms with Crippen molar-refractivity contribution in [3.8, 4) is 11.3 Å². The third-order valence-corrected chi connectivity index (χ3v) is 3.30. The molecule has 1 aromatic heterocycles. The number of rotatable bonds is 3. The lowest BCUT2D eigenvalue weighted by Gasteiger charge is -2.21. The minimum atomic E-state index is -0.596. The number of nitrogens with zero attached hydrogens (tertiary/aromatic N) is 1. The number of ether oxygens (including phenoxy) is 1. The molecule has 122 valence electrons. The number of hydrogen-bond acceptors (Lipinski definition) is 3. The summed E-state index contributed by atoms with van der Waals surface area (Å²) in [5.41, 5.74) is 4.99. The van der Waals surface area contributed by atoms with Crippen molar-refractivity contribution in [3.05, 3.63) is 47.7 Å². The molecule has 2 rings (SSSR count). The van der Waals surface area contributed by atoms with Gasteiger partial charge in [-0.2, -0.15) is 0 Å². The molecule has 5 heteroatoms. The fraction of sp³-hybridized carbons (Fsp3) is 0.333. The second kappa shape index (κ2) is 6.28. The molecule has 0 unspecified atom stereocenters. The average molecular weight is 314 g/mol. The summed E-state index contributed by atoms with van der Waals surface area (Å²) < 4.78 is 6.90. The van der Waals surface area contributed by atoms with E-state index >= 15 is 0 Å². The minimum Gasteiger partial charge on any atom is -0.443 e. The van der Waals surface area contributed by atoms with E-state index in [-0.39, 0.29) is 5.78 Å². The topological polar surface area (TPSA) is 60.3 Å². The van der Waals surface area contributed by atoms with Gasteiger partial charge in [0.2, 0.25) is 0 Å². The smallest absolute Gasteiger partial charge is 0.426 e. The molecule has 0 fully saturated rings. The van der Waals surface area contributed by atoms with Crippen LogP contribution < -0.4 is 5.43 Å². The number of carbonyl (C=O) groups excluding carboxylic acids is 2. The number of carbonyl (C=O) groups is 2. The number of ketones is 1. The van der Waals surface area contributed by atoms with E-state index in [0.29, 0.717) is 11.3 Å². The van der Waals surface area contributed by atoms with Crippen LogP contribution in [0.5, 0.6) is 0 Å². The number of aromatic nitrogens is 1. The van der Waals surface area contributed by atoms with Gasteiger partial charge in [0, 0.05) is 16.8 Å². The molecule has 0 aliphatic carbocycles. The molecule has 0 aliphatic heterocycles. The monoisotopic (exact) mass is 314 g/mol. The van der Waals surface area contributed by atoms with Crippen LogP contribution in [0, 0.1) is 6.92 Å². The predicted molar refractivity (Wildman–Crippen MR) is 90.2 cm³/mol. The van der Waals surface area contributed by atoms with Gasteiger partial charge in [0.25, 0.3) is 0 Å². The molecule has 0 spiro atoms. The lowest BCUT2D eigenvalue weighted by atomic mass is 10.1. The fourth-order valence-electron chi connectivity index (χ4n) is 2.32. The first-order chi connectivity index (χ1) is 10.7. The van der Waals surface area contributed by atoms with E-state index < -0.39 is 11.7 Å². The molecular weight excluding hydrogens is 292 g/mol. The maximum Gasteiger partial charge on any atom is 0.426 e. The molecule has 0 bridgehead atoms. The van der Waals surface area contributed by atoms with Gasteiger partial charge < -0.3 is 4.74 Å². The summed E-state index contributed by atoms with van der Waals surface area (Å²) in [5, 5.41) is 0. The Morgan fingerprint density at radius 3 is 2.26 bits per heavy atom. The van der Waals surface area contributed by atoms with E-state index in [1.165, 1.54) is 6.92 Å². The summed E-state index contributed by atoms with van der Waals surface area (Å²) in [6.07, 6.45) is -0.566. The zero-order valence-corrected chi connectivity index (χ0v) is 14.1. The standard InChI is InChI=1S/C18H22N2O3/c1-12-15(13(2)21)11-16(14-9-7-6-8-10-14)20(12)19-17(22)23-18(3,4)5/h6-11H,1-5H3,(H,19,22). The Balaban J connectivity index is 2.45. The Kier molecular flexibility index (Phi) is 4.59. The summed E-state index contributed by atoms with van der Waals surface area (Å²) in [6.45, 7) is 8.70. The second-order valence-corrected chi connectivity index (χ2v) is 6.40. The van der Waals surface area contributed by atoms with Crippen LogP contribution in [-0.2, 0) is 4.74 Å². The summed E-state index contributed by atoms with van der Waals surface area (Å²) in [7, 11) is 0. The van der Waals surface area contributed by atoms with Crippen LogP contribution in [-0.4, -0.2) is 22.2 Å². The second-order valence-electron chi connectivity index (χ2n) is 6.40. The van der Waals surface area contributed by atoms with Crippen LogP contribution in [0.25, 0.3) is 11.3 Å². The Morgan fingerprint density at radius 1 is 1.13 bits per heavy atom. The normalized spacial score (nSPS) is 11.2. The zero-order chi connectivity index (χ0) is 17.2. The molecule has 0 radical (unpaired) electrons. The fourth-order valence-corrected chi connectivity index (χ4v) is 2.32. The van der Waals surface area contributed by atoms with E-state index in [0.717, 1.165) is 11.3 Å². The highest BCUT2D eigenvalue weighted by Gasteiger charge is 2.21. The molecule has 5 nitrogen and oxygen atoms in total. The SMILES string of the molecule is CC(=O)c1cc(-c2ccccc2)n(NC(=O)OC(C)(C)C)c1C. The highest BCUT2D eigenvalue weighted by molar-refractivity contribution is 5.97. The van der Waals surface area contributed by atoms with Gasteiger partial charge in [0.05, 0.1) is 5.69 Å². The lowest BCUT2D eigenvalue weighted by Crippen LogP contribution is -2.32. The van der Waals surface area contributed by atoms with Gasteiger partial charge in [-0.3, -0.25) is 9.47 Å². The number of Topliss-reactive ketones (excluding diaryl/α,β-unsaturated/α-hetero) is 1. The van der Waals surface area contributed by atoms with Gasteiger partial charge in [-0.05, 0) is 40.7 Å². The van der Waals surface area contributed by atoms with Crippen molar-refractivity contribution in [2.24, 2.45) is 0 Å². The number of hydrogen-bond donors (Lipinski definition) is 1. The summed E-state index contributed by atoms with van der Waals surface area (Å²) >= 11 is 0. The molecule has 1 N–H and O–H groups in total. The zero-order valence-electron chi connectivity index (χ0n) is 14.1. The van der Waals surface area contributed by atoms with Crippen molar-refractivity contribution in [2.75, 3.05) is 5.43 Å². The molecule has 1 amide bonds. The molecule has 0 aliphatic rings. The largest absolute Gasteiger partial charge is 0.443 e. The summed E-state index contributed by atoms with van der Waals surface area (Å²) in [5.74, 6) is -0.0515. The van der Waals surface area contributed by atoms with Gasteiger partial charge in [-0.25, -0.2) is 10.2 Å². The number of benzene rings is 1. The summed E-state index contributed by atoms with van der Waals surface area (Å²) in [4.78, 5) is 23.9. The van der Waals surface area contributed by atoms with Gasteiger partial charge in [0.15, 0.2) is 5.78 Å². The van der Waals surface area contributed by atoms with E-state index in [2.05, 4.69) is 5.43 Å². The summed E-state index contributed by atoms with van der Waals surface area (Å²) in [6, 6.07) is 11.4. The van der Waals surface area contributed by atoms with Crippen molar-refractivity contribution >= 4 is 11.9 Å². The molecule has 0 atom stereocenters. The van der Waals surface area contributed by atoms with Gasteiger partial charge in [-0.1, -0.05) is 30.3 Å². The lowest BCUT2D eigenvalue weighted by molar-refractivity contribution is 0.0612. The molecule has 0 saturated heterocycles. The average Bonchev–Trinajstić information content (AvgIpc) is 2.75. The van der Waals surface area contributed by atoms with E-state index in [9.17, 15) is 9.59 Å². The maximum absolute atomic E-state index is 12.1. The van der Waals surface area contributed by atoms with Gasteiger partial charge in [-0.15, -0.1) is 0 Å². The highest BCUT2D eigenvalue weighted by atomic mass is 16.6. The Hall–Kier alpha value is -2.56. The molecule has 1 aromatic carbocycles. The van der Waals surface area contributed by atoms with E-state index in [1.54, 1.807) is 38.4 Å². The van der Waals surface area contributed by atoms with Crippen molar-refractivity contribution < 1.29 is 14.3 Å². The molecule has 23 heavy (non-hydrogen) atoms. The minimum absolute atomic E-state index is 0.0515. The van der Waals surface area contributed by atoms with Crippen LogP contribution >= 0.6 is 0 Å². The van der Waals surface area contributed by atoms with E-state index in [1.807, 2.05) is 30.3 Å². The molecular formula is C18H22N2O3. The van der Waals surface area contributed by atoms with Gasteiger partial charge >= 0.3 is 6.09 Å². The Labute approximate surface area is 136 Å². The third-order valence-electron chi connectivity index (χ3n) is 3.30. The van der Waals surface area contributed by atoms with Crippen molar-refractivity contribution in [3.63, 3.8) is 0 Å². The highest BCUT2D eigenvalue weighted by Crippen LogP contribution is 2.25. The van der Waals surface area contributed by atoms with Crippen molar-refractivity contribution in [1.29, 1.82) is 0 Å². The first-order valence-electron chi connectivity index (χ1n) is 7.48. The van der Waals surface area contributed by atoms with Crippen LogP contribution in [0.2, 0.25) is 0 Å². The quantitative estimate of drug-likeness (QED) is 0.866. The third kappa shape index (κ3) is 4.00. The van der Waals surface area contributed by atoms with Crippen molar-refractivity contribution in [2.45, 2.75) is 40.2 Å². The Bertz CT molecular complexity index is 725. The predicted octanol–water partition coefficient (Wildman–Crippen LogP) is 4.14. The molecule has 0 saturated carbocycles. The number of amides is 1.